The van der Waals surface area contributed by atoms with E-state index in [2.05, 4.69) is 32.7 Å². The fraction of sp³-hybridized carbons (Fsp3) is 0.143. The van der Waals surface area contributed by atoms with Gasteiger partial charge in [0.15, 0.2) is 0 Å². The lowest BCUT2D eigenvalue weighted by molar-refractivity contribution is 0.0936. The molecule has 0 atom stereocenters. The predicted octanol–water partition coefficient (Wildman–Crippen LogP) is 5.21. The molecule has 176 valence electrons. The van der Waals surface area contributed by atoms with E-state index in [4.69, 9.17) is 0 Å². The molecule has 0 fully saturated rings. The number of carbonyl (C=O) groups is 2. The molecule has 0 aliphatic carbocycles. The van der Waals surface area contributed by atoms with Gasteiger partial charge in [-0.2, -0.15) is 0 Å². The van der Waals surface area contributed by atoms with Crippen LogP contribution in [0.2, 0.25) is 0 Å². The van der Waals surface area contributed by atoms with Crippen LogP contribution < -0.4 is 16.2 Å². The summed E-state index contributed by atoms with van der Waals surface area (Å²) in [7, 11) is 0. The van der Waals surface area contributed by atoms with E-state index in [1.165, 1.54) is 0 Å². The number of urea groups is 1. The van der Waals surface area contributed by atoms with Crippen LogP contribution in [0.4, 0.5) is 4.79 Å². The second-order valence-electron chi connectivity index (χ2n) is 8.83. The van der Waals surface area contributed by atoms with Crippen LogP contribution in [-0.4, -0.2) is 21.9 Å². The molecule has 0 radical (unpaired) electrons. The van der Waals surface area contributed by atoms with Crippen molar-refractivity contribution in [2.45, 2.75) is 26.3 Å². The molecular weight excluding hydrogens is 438 g/mol. The molecule has 4 rings (SSSR count). The van der Waals surface area contributed by atoms with Gasteiger partial charge in [0.1, 0.15) is 0 Å². The summed E-state index contributed by atoms with van der Waals surface area (Å²) in [5, 5.41) is 3.59. The lowest BCUT2D eigenvalue weighted by Crippen LogP contribution is -2.52. The van der Waals surface area contributed by atoms with Crippen LogP contribution in [0, 0.1) is 0 Å². The van der Waals surface area contributed by atoms with E-state index in [1.807, 2.05) is 81.4 Å². The molecule has 0 unspecified atom stereocenters. The molecule has 35 heavy (non-hydrogen) atoms. The van der Waals surface area contributed by atoms with Gasteiger partial charge in [-0.25, -0.2) is 15.2 Å². The first-order valence-electron chi connectivity index (χ1n) is 11.2. The van der Waals surface area contributed by atoms with E-state index >= 15 is 0 Å². The average molecular weight is 466 g/mol. The number of rotatable bonds is 5. The molecule has 0 saturated carbocycles. The molecule has 2 heterocycles. The van der Waals surface area contributed by atoms with Gasteiger partial charge >= 0.3 is 6.03 Å². The van der Waals surface area contributed by atoms with Gasteiger partial charge in [-0.3, -0.25) is 15.2 Å². The molecule has 0 saturated heterocycles. The van der Waals surface area contributed by atoms with Crippen molar-refractivity contribution in [1.29, 1.82) is 0 Å². The van der Waals surface area contributed by atoms with Crippen LogP contribution in [0.25, 0.3) is 27.7 Å². The first-order valence-corrected chi connectivity index (χ1v) is 11.2. The maximum absolute atomic E-state index is 13.1. The van der Waals surface area contributed by atoms with E-state index in [-0.39, 0.29) is 0 Å². The Hall–Kier alpha value is -4.52. The Balaban J connectivity index is 1.51. The fourth-order valence-electron chi connectivity index (χ4n) is 3.78. The summed E-state index contributed by atoms with van der Waals surface area (Å²) < 4.78 is 0. The summed E-state index contributed by atoms with van der Waals surface area (Å²) >= 11 is 0. The lowest BCUT2D eigenvalue weighted by Gasteiger charge is -2.27. The highest BCUT2D eigenvalue weighted by molar-refractivity contribution is 6.07. The zero-order valence-electron chi connectivity index (χ0n) is 19.9. The van der Waals surface area contributed by atoms with Crippen LogP contribution in [-0.2, 0) is 5.54 Å². The third-order valence-corrected chi connectivity index (χ3v) is 5.73. The van der Waals surface area contributed by atoms with Crippen molar-refractivity contribution in [3.63, 3.8) is 0 Å². The Morgan fingerprint density at radius 1 is 0.914 bits per heavy atom. The van der Waals surface area contributed by atoms with Crippen LogP contribution in [0.3, 0.4) is 0 Å². The zero-order chi connectivity index (χ0) is 25.0. The summed E-state index contributed by atoms with van der Waals surface area (Å²) in [5.74, 6) is -0.448. The first kappa shape index (κ1) is 23.6. The quantitative estimate of drug-likeness (QED) is 0.353. The van der Waals surface area contributed by atoms with E-state index in [0.717, 1.165) is 22.3 Å². The molecule has 3 amide bonds. The maximum atomic E-state index is 13.1. The highest BCUT2D eigenvalue weighted by atomic mass is 16.2. The van der Waals surface area contributed by atoms with Crippen LogP contribution in [0.5, 0.6) is 0 Å². The van der Waals surface area contributed by atoms with Gasteiger partial charge in [0.05, 0.1) is 22.3 Å². The smallest absolute Gasteiger partial charge is 0.328 e. The molecule has 7 heteroatoms. The summed E-state index contributed by atoms with van der Waals surface area (Å²) in [6.07, 6.45) is 3.34. The molecule has 4 aromatic rings. The molecule has 0 bridgehead atoms. The molecule has 0 aliphatic heterocycles. The van der Waals surface area contributed by atoms with Gasteiger partial charge < -0.3 is 5.32 Å². The van der Waals surface area contributed by atoms with Crippen molar-refractivity contribution in [1.82, 2.24) is 26.1 Å². The van der Waals surface area contributed by atoms with E-state index < -0.39 is 17.5 Å². The molecule has 3 N–H and O–H groups in total. The lowest BCUT2D eigenvalue weighted by atomic mass is 9.92. The monoisotopic (exact) mass is 465 g/mol. The number of nitrogens with one attached hydrogen (secondary N) is 3. The molecule has 2 aromatic carbocycles. The normalized spacial score (nSPS) is 11.1. The summed E-state index contributed by atoms with van der Waals surface area (Å²) in [4.78, 5) is 34.5. The Morgan fingerprint density at radius 2 is 1.66 bits per heavy atom. The number of aromatic nitrogens is 2. The Bertz CT molecular complexity index is 1410. The average Bonchev–Trinajstić information content (AvgIpc) is 2.87. The number of pyridine rings is 2. The molecule has 2 aromatic heterocycles. The number of benzene rings is 2. The zero-order valence-corrected chi connectivity index (χ0v) is 19.9. The SMILES string of the molecule is C=C(C)c1cccc(C(C)(C)NC(=O)NNC(=O)c2cc(-c3ccncc3)nc3ccccc23)c1. The minimum Gasteiger partial charge on any atom is -0.328 e. The summed E-state index contributed by atoms with van der Waals surface area (Å²) in [5.41, 5.74) is 9.72. The molecule has 7 nitrogen and oxygen atoms in total. The van der Waals surface area contributed by atoms with Gasteiger partial charge in [-0.05, 0) is 62.2 Å². The molecular formula is C28H27N5O2. The summed E-state index contributed by atoms with van der Waals surface area (Å²) in [6.45, 7) is 9.70. The second kappa shape index (κ2) is 9.77. The maximum Gasteiger partial charge on any atom is 0.334 e. The first-order chi connectivity index (χ1) is 16.7. The number of hydrogen-bond acceptors (Lipinski definition) is 4. The van der Waals surface area contributed by atoms with Crippen molar-refractivity contribution in [3.8, 4) is 11.3 Å². The predicted molar refractivity (Wildman–Crippen MR) is 138 cm³/mol. The number of hydrogen-bond donors (Lipinski definition) is 3. The standard InChI is InChI=1S/C28H27N5O2/c1-18(2)20-8-7-9-21(16-20)28(3,4)31-27(35)33-32-26(34)23-17-25(19-12-14-29-15-13-19)30-24-11-6-5-10-22(23)24/h5-17H,1H2,2-4H3,(H,32,34)(H2,31,33,35). The highest BCUT2D eigenvalue weighted by Gasteiger charge is 2.24. The summed E-state index contributed by atoms with van der Waals surface area (Å²) in [6, 6.07) is 20.0. The van der Waals surface area contributed by atoms with Crippen molar-refractivity contribution in [3.05, 3.63) is 102 Å². The number of fused-ring (bicyclic) bond motifs is 1. The van der Waals surface area contributed by atoms with Crippen molar-refractivity contribution < 1.29 is 9.59 Å². The van der Waals surface area contributed by atoms with Crippen molar-refractivity contribution >= 4 is 28.4 Å². The highest BCUT2D eigenvalue weighted by Crippen LogP contribution is 2.25. The van der Waals surface area contributed by atoms with Gasteiger partial charge in [0, 0.05) is 23.3 Å². The van der Waals surface area contributed by atoms with E-state index in [1.54, 1.807) is 18.5 Å². The number of hydrazine groups is 1. The van der Waals surface area contributed by atoms with Gasteiger partial charge in [0.2, 0.25) is 0 Å². The fourth-order valence-corrected chi connectivity index (χ4v) is 3.78. The number of allylic oxidation sites excluding steroid dienone is 1. The number of nitrogens with zero attached hydrogens (tertiary/aromatic N) is 2. The number of amides is 3. The van der Waals surface area contributed by atoms with Crippen molar-refractivity contribution in [2.24, 2.45) is 0 Å². The Morgan fingerprint density at radius 3 is 2.40 bits per heavy atom. The minimum absolute atomic E-state index is 0.399. The third kappa shape index (κ3) is 5.35. The Labute approximate surface area is 204 Å². The van der Waals surface area contributed by atoms with E-state index in [0.29, 0.717) is 22.2 Å². The Kier molecular flexibility index (Phi) is 6.59. The van der Waals surface area contributed by atoms with Crippen LogP contribution in [0.15, 0.2) is 85.7 Å². The van der Waals surface area contributed by atoms with Crippen molar-refractivity contribution in [2.75, 3.05) is 0 Å². The largest absolute Gasteiger partial charge is 0.334 e. The molecule has 0 aliphatic rings. The minimum atomic E-state index is -0.682. The molecule has 0 spiro atoms. The topological polar surface area (TPSA) is 96.0 Å². The van der Waals surface area contributed by atoms with Gasteiger partial charge in [0.25, 0.3) is 5.91 Å². The third-order valence-electron chi connectivity index (χ3n) is 5.73. The number of carbonyl (C=O) groups excluding carboxylic acids is 2. The van der Waals surface area contributed by atoms with E-state index in [9.17, 15) is 9.59 Å². The van der Waals surface area contributed by atoms with Crippen LogP contribution in [0.1, 0.15) is 42.3 Å². The van der Waals surface area contributed by atoms with Crippen LogP contribution >= 0.6 is 0 Å². The van der Waals surface area contributed by atoms with Gasteiger partial charge in [-0.1, -0.05) is 48.6 Å². The number of para-hydroxylation sites is 1. The second-order valence-corrected chi connectivity index (χ2v) is 8.83. The van der Waals surface area contributed by atoms with Gasteiger partial charge in [-0.15, -0.1) is 0 Å².